The molecular formula is C20H27ClN6O. The number of benzene rings is 1. The number of rotatable bonds is 5. The van der Waals surface area contributed by atoms with Crippen LogP contribution in [0.4, 0.5) is 0 Å². The third kappa shape index (κ3) is 3.91. The van der Waals surface area contributed by atoms with Gasteiger partial charge in [-0.25, -0.2) is 4.68 Å². The molecule has 1 saturated heterocycles. The van der Waals surface area contributed by atoms with Crippen molar-refractivity contribution in [3.8, 4) is 0 Å². The number of carbonyl (C=O) groups is 1. The molecule has 0 unspecified atom stereocenters. The third-order valence-corrected chi connectivity index (χ3v) is 6.52. The molecule has 8 heteroatoms. The summed E-state index contributed by atoms with van der Waals surface area (Å²) in [6.45, 7) is 1.53. The minimum Gasteiger partial charge on any atom is -0.369 e. The smallest absolute Gasteiger partial charge is 0.220 e. The first-order chi connectivity index (χ1) is 13.6. The van der Waals surface area contributed by atoms with Crippen molar-refractivity contribution < 1.29 is 4.79 Å². The van der Waals surface area contributed by atoms with Gasteiger partial charge in [0.1, 0.15) is 0 Å². The van der Waals surface area contributed by atoms with E-state index in [0.29, 0.717) is 11.1 Å². The van der Waals surface area contributed by atoms with Gasteiger partial charge in [-0.1, -0.05) is 49.1 Å². The number of carbonyl (C=O) groups excluding carboxylic acids is 1. The van der Waals surface area contributed by atoms with Crippen LogP contribution in [0.15, 0.2) is 24.3 Å². The van der Waals surface area contributed by atoms with Gasteiger partial charge < -0.3 is 5.73 Å². The summed E-state index contributed by atoms with van der Waals surface area (Å²) in [6.07, 6.45) is 7.43. The number of tetrazole rings is 1. The lowest BCUT2D eigenvalue weighted by Crippen LogP contribution is -2.42. The molecule has 1 aromatic heterocycles. The van der Waals surface area contributed by atoms with E-state index in [0.717, 1.165) is 50.2 Å². The van der Waals surface area contributed by atoms with Crippen LogP contribution in [0, 0.1) is 5.92 Å². The molecule has 7 nitrogen and oxygen atoms in total. The highest BCUT2D eigenvalue weighted by Gasteiger charge is 2.34. The predicted molar refractivity (Wildman–Crippen MR) is 107 cm³/mol. The molecule has 0 bridgehead atoms. The van der Waals surface area contributed by atoms with Crippen molar-refractivity contribution in [3.63, 3.8) is 0 Å². The highest BCUT2D eigenvalue weighted by Crippen LogP contribution is 2.37. The van der Waals surface area contributed by atoms with E-state index in [9.17, 15) is 4.79 Å². The van der Waals surface area contributed by atoms with Crippen molar-refractivity contribution in [2.75, 3.05) is 13.1 Å². The largest absolute Gasteiger partial charge is 0.369 e. The van der Waals surface area contributed by atoms with E-state index in [-0.39, 0.29) is 17.9 Å². The Bertz CT molecular complexity index is 811. The van der Waals surface area contributed by atoms with Crippen molar-refractivity contribution in [1.29, 1.82) is 0 Å². The van der Waals surface area contributed by atoms with E-state index in [2.05, 4.69) is 20.4 Å². The van der Waals surface area contributed by atoms with E-state index < -0.39 is 0 Å². The summed E-state index contributed by atoms with van der Waals surface area (Å²) >= 11 is 6.59. The predicted octanol–water partition coefficient (Wildman–Crippen LogP) is 3.12. The quantitative estimate of drug-likeness (QED) is 0.829. The molecule has 2 aliphatic rings. The van der Waals surface area contributed by atoms with Gasteiger partial charge >= 0.3 is 0 Å². The minimum absolute atomic E-state index is 0.0579. The average Bonchev–Trinajstić information content (AvgIpc) is 3.20. The molecule has 1 aromatic carbocycles. The Morgan fingerprint density at radius 2 is 1.82 bits per heavy atom. The number of hydrogen-bond donors (Lipinski definition) is 1. The minimum atomic E-state index is -0.207. The van der Waals surface area contributed by atoms with E-state index in [1.54, 1.807) is 0 Å². The van der Waals surface area contributed by atoms with Gasteiger partial charge in [-0.2, -0.15) is 0 Å². The zero-order chi connectivity index (χ0) is 19.5. The van der Waals surface area contributed by atoms with Crippen LogP contribution in [-0.2, 0) is 4.79 Å². The lowest BCUT2D eigenvalue weighted by molar-refractivity contribution is -0.123. The van der Waals surface area contributed by atoms with Crippen LogP contribution in [0.3, 0.4) is 0 Å². The number of hydrogen-bond acceptors (Lipinski definition) is 5. The number of piperidine rings is 1. The van der Waals surface area contributed by atoms with Crippen LogP contribution >= 0.6 is 11.6 Å². The zero-order valence-corrected chi connectivity index (χ0v) is 16.8. The summed E-state index contributed by atoms with van der Waals surface area (Å²) in [6, 6.07) is 8.11. The summed E-state index contributed by atoms with van der Waals surface area (Å²) in [5.41, 5.74) is 6.53. The maximum absolute atomic E-state index is 11.6. The molecular weight excluding hydrogens is 376 g/mol. The molecule has 2 heterocycles. The maximum atomic E-state index is 11.6. The van der Waals surface area contributed by atoms with Gasteiger partial charge in [0.25, 0.3) is 0 Å². The van der Waals surface area contributed by atoms with Gasteiger partial charge in [0, 0.05) is 10.9 Å². The Labute approximate surface area is 170 Å². The first-order valence-corrected chi connectivity index (χ1v) is 10.6. The molecule has 2 N–H and O–H groups in total. The summed E-state index contributed by atoms with van der Waals surface area (Å²) in [4.78, 5) is 13.9. The topological polar surface area (TPSA) is 89.9 Å². The van der Waals surface area contributed by atoms with Crippen LogP contribution in [0.2, 0.25) is 5.02 Å². The fourth-order valence-electron chi connectivity index (χ4n) is 4.60. The van der Waals surface area contributed by atoms with Crippen LogP contribution in [0.25, 0.3) is 0 Å². The SMILES string of the molecule is NC(=O)C1CCN([C@@H](c2ccccc2Cl)c2nnnn2C2CCCCC2)CC1. The van der Waals surface area contributed by atoms with Crippen molar-refractivity contribution in [3.05, 3.63) is 40.7 Å². The molecule has 2 aromatic rings. The first kappa shape index (κ1) is 19.3. The molecule has 1 atom stereocenters. The fraction of sp³-hybridized carbons (Fsp3) is 0.600. The molecule has 0 radical (unpaired) electrons. The number of likely N-dealkylation sites (tertiary alicyclic amines) is 1. The summed E-state index contributed by atoms with van der Waals surface area (Å²) < 4.78 is 2.02. The van der Waals surface area contributed by atoms with E-state index in [4.69, 9.17) is 17.3 Å². The number of nitrogens with two attached hydrogens (primary N) is 1. The van der Waals surface area contributed by atoms with E-state index >= 15 is 0 Å². The normalized spacial score (nSPS) is 20.9. The third-order valence-electron chi connectivity index (χ3n) is 6.18. The molecule has 150 valence electrons. The molecule has 0 spiro atoms. The molecule has 2 fully saturated rings. The second-order valence-electron chi connectivity index (χ2n) is 7.91. The molecule has 1 aliphatic carbocycles. The Morgan fingerprint density at radius 1 is 1.11 bits per heavy atom. The first-order valence-electron chi connectivity index (χ1n) is 10.2. The Hall–Kier alpha value is -1.99. The van der Waals surface area contributed by atoms with Gasteiger partial charge in [0.2, 0.25) is 5.91 Å². The second kappa shape index (κ2) is 8.57. The number of amides is 1. The number of aromatic nitrogens is 4. The lowest BCUT2D eigenvalue weighted by Gasteiger charge is -2.37. The van der Waals surface area contributed by atoms with Gasteiger partial charge in [-0.05, 0) is 60.8 Å². The number of primary amides is 1. The summed E-state index contributed by atoms with van der Waals surface area (Å²) in [7, 11) is 0. The van der Waals surface area contributed by atoms with Gasteiger partial charge in [-0.15, -0.1) is 5.10 Å². The van der Waals surface area contributed by atoms with Crippen molar-refractivity contribution >= 4 is 17.5 Å². The molecule has 28 heavy (non-hydrogen) atoms. The van der Waals surface area contributed by atoms with Crippen LogP contribution in [0.5, 0.6) is 0 Å². The lowest BCUT2D eigenvalue weighted by atomic mass is 9.92. The standard InChI is InChI=1S/C20H27ClN6O/c21-17-9-5-4-8-16(17)18(26-12-10-14(11-13-26)19(22)28)20-23-24-25-27(20)15-6-2-1-3-7-15/h4-5,8-9,14-15,18H,1-3,6-7,10-13H2,(H2,22,28)/t18-/m0/s1. The van der Waals surface area contributed by atoms with Crippen molar-refractivity contribution in [2.45, 2.75) is 57.0 Å². The van der Waals surface area contributed by atoms with Gasteiger partial charge in [0.05, 0.1) is 12.1 Å². The maximum Gasteiger partial charge on any atom is 0.220 e. The van der Waals surface area contributed by atoms with Crippen LogP contribution < -0.4 is 5.73 Å². The number of halogens is 1. The second-order valence-corrected chi connectivity index (χ2v) is 8.32. The Morgan fingerprint density at radius 3 is 2.50 bits per heavy atom. The van der Waals surface area contributed by atoms with Crippen molar-refractivity contribution in [2.24, 2.45) is 11.7 Å². The highest BCUT2D eigenvalue weighted by atomic mass is 35.5. The summed E-state index contributed by atoms with van der Waals surface area (Å²) in [5, 5.41) is 13.6. The number of nitrogens with zero attached hydrogens (tertiary/aromatic N) is 5. The monoisotopic (exact) mass is 402 g/mol. The molecule has 1 saturated carbocycles. The van der Waals surface area contributed by atoms with E-state index in [1.165, 1.54) is 19.3 Å². The van der Waals surface area contributed by atoms with Gasteiger partial charge in [-0.3, -0.25) is 9.69 Å². The zero-order valence-electron chi connectivity index (χ0n) is 16.0. The van der Waals surface area contributed by atoms with Crippen LogP contribution in [-0.4, -0.2) is 44.1 Å². The van der Waals surface area contributed by atoms with Crippen molar-refractivity contribution in [1.82, 2.24) is 25.1 Å². The Kier molecular flexibility index (Phi) is 5.92. The van der Waals surface area contributed by atoms with Gasteiger partial charge in [0.15, 0.2) is 5.82 Å². The fourth-order valence-corrected chi connectivity index (χ4v) is 4.84. The molecule has 1 aliphatic heterocycles. The molecule has 1 amide bonds. The van der Waals surface area contributed by atoms with Crippen LogP contribution in [0.1, 0.15) is 68.4 Å². The molecule has 4 rings (SSSR count). The Balaban J connectivity index is 1.68. The van der Waals surface area contributed by atoms with E-state index in [1.807, 2.05) is 28.9 Å². The average molecular weight is 403 g/mol. The summed E-state index contributed by atoms with van der Waals surface area (Å²) in [5.74, 6) is 0.580. The highest BCUT2D eigenvalue weighted by molar-refractivity contribution is 6.31.